The highest BCUT2D eigenvalue weighted by molar-refractivity contribution is 7.09. The van der Waals surface area contributed by atoms with E-state index < -0.39 is 0 Å². The van der Waals surface area contributed by atoms with E-state index in [-0.39, 0.29) is 12.1 Å². The Hall–Kier alpha value is -0.680. The molecule has 1 saturated carbocycles. The van der Waals surface area contributed by atoms with Gasteiger partial charge in [0.2, 0.25) is 5.13 Å². The normalized spacial score (nSPS) is 19.3. The monoisotopic (exact) mass is 227 g/mol. The van der Waals surface area contributed by atoms with E-state index in [0.29, 0.717) is 0 Å². The zero-order chi connectivity index (χ0) is 10.7. The summed E-state index contributed by atoms with van der Waals surface area (Å²) >= 11 is 1.39. The molecule has 1 aromatic heterocycles. The third kappa shape index (κ3) is 2.29. The van der Waals surface area contributed by atoms with Crippen molar-refractivity contribution in [1.82, 2.24) is 9.36 Å². The molecule has 2 N–H and O–H groups in total. The standard InChI is InChI=1S/C10H17N3OS/c1-2-8-11-9(15-13-8)12-10(7-14)5-3-4-6-10/h14H,2-7H2,1H3,(H,11,12,13). The fraction of sp³-hybridized carbons (Fsp3) is 0.800. The van der Waals surface area contributed by atoms with Crippen LogP contribution in [0.15, 0.2) is 0 Å². The summed E-state index contributed by atoms with van der Waals surface area (Å²) in [6, 6.07) is 0. The van der Waals surface area contributed by atoms with E-state index >= 15 is 0 Å². The fourth-order valence-corrected chi connectivity index (χ4v) is 2.82. The molecule has 2 rings (SSSR count). The first-order chi connectivity index (χ1) is 7.28. The average Bonchev–Trinajstić information content (AvgIpc) is 2.88. The van der Waals surface area contributed by atoms with E-state index in [1.807, 2.05) is 6.92 Å². The first-order valence-electron chi connectivity index (χ1n) is 5.50. The van der Waals surface area contributed by atoms with Crippen LogP contribution in [0.4, 0.5) is 5.13 Å². The summed E-state index contributed by atoms with van der Waals surface area (Å²) in [4.78, 5) is 4.37. The second kappa shape index (κ2) is 4.45. The van der Waals surface area contributed by atoms with Crippen molar-refractivity contribution in [3.63, 3.8) is 0 Å². The van der Waals surface area contributed by atoms with Crippen molar-refractivity contribution in [2.45, 2.75) is 44.6 Å². The number of aromatic nitrogens is 2. The molecule has 84 valence electrons. The summed E-state index contributed by atoms with van der Waals surface area (Å²) in [5.41, 5.74) is -0.134. The Morgan fingerprint density at radius 1 is 1.47 bits per heavy atom. The van der Waals surface area contributed by atoms with Crippen molar-refractivity contribution in [3.8, 4) is 0 Å². The minimum Gasteiger partial charge on any atom is -0.394 e. The second-order valence-electron chi connectivity index (χ2n) is 4.14. The van der Waals surface area contributed by atoms with Crippen LogP contribution in [-0.4, -0.2) is 26.6 Å². The van der Waals surface area contributed by atoms with Gasteiger partial charge >= 0.3 is 0 Å². The zero-order valence-electron chi connectivity index (χ0n) is 8.99. The van der Waals surface area contributed by atoms with E-state index in [0.717, 1.165) is 30.2 Å². The zero-order valence-corrected chi connectivity index (χ0v) is 9.81. The van der Waals surface area contributed by atoms with Crippen molar-refractivity contribution in [1.29, 1.82) is 0 Å². The molecule has 1 aliphatic carbocycles. The van der Waals surface area contributed by atoms with Crippen LogP contribution >= 0.6 is 11.5 Å². The van der Waals surface area contributed by atoms with Gasteiger partial charge in [0.05, 0.1) is 12.1 Å². The van der Waals surface area contributed by atoms with Gasteiger partial charge < -0.3 is 10.4 Å². The maximum atomic E-state index is 9.44. The van der Waals surface area contributed by atoms with Gasteiger partial charge in [-0.15, -0.1) is 0 Å². The Kier molecular flexibility index (Phi) is 3.21. The molecule has 0 aromatic carbocycles. The van der Waals surface area contributed by atoms with Gasteiger partial charge in [0, 0.05) is 18.0 Å². The van der Waals surface area contributed by atoms with Crippen LogP contribution in [0.1, 0.15) is 38.4 Å². The number of nitrogens with one attached hydrogen (secondary N) is 1. The number of aryl methyl sites for hydroxylation is 1. The Bertz CT molecular complexity index is 320. The van der Waals surface area contributed by atoms with Gasteiger partial charge in [-0.2, -0.15) is 4.37 Å². The molecule has 0 bridgehead atoms. The quantitative estimate of drug-likeness (QED) is 0.823. The lowest BCUT2D eigenvalue weighted by atomic mass is 10.00. The molecule has 0 unspecified atom stereocenters. The number of aliphatic hydroxyl groups is 1. The molecule has 4 nitrogen and oxygen atoms in total. The van der Waals surface area contributed by atoms with E-state index in [1.165, 1.54) is 24.4 Å². The molecule has 1 aromatic rings. The highest BCUT2D eigenvalue weighted by atomic mass is 32.1. The Balaban J connectivity index is 2.05. The molecule has 1 fully saturated rings. The van der Waals surface area contributed by atoms with Crippen molar-refractivity contribution >= 4 is 16.7 Å². The summed E-state index contributed by atoms with van der Waals surface area (Å²) in [5.74, 6) is 0.883. The van der Waals surface area contributed by atoms with E-state index in [4.69, 9.17) is 0 Å². The number of anilines is 1. The first-order valence-corrected chi connectivity index (χ1v) is 6.27. The highest BCUT2D eigenvalue weighted by Gasteiger charge is 2.33. The summed E-state index contributed by atoms with van der Waals surface area (Å²) in [6.07, 6.45) is 5.30. The number of rotatable bonds is 4. The molecule has 1 aliphatic rings. The summed E-state index contributed by atoms with van der Waals surface area (Å²) < 4.78 is 4.23. The Morgan fingerprint density at radius 3 is 2.73 bits per heavy atom. The molecule has 0 spiro atoms. The second-order valence-corrected chi connectivity index (χ2v) is 4.89. The van der Waals surface area contributed by atoms with E-state index in [1.54, 1.807) is 0 Å². The van der Waals surface area contributed by atoms with Gasteiger partial charge in [0.1, 0.15) is 5.82 Å². The molecule has 15 heavy (non-hydrogen) atoms. The molecule has 0 atom stereocenters. The topological polar surface area (TPSA) is 58.0 Å². The minimum atomic E-state index is -0.134. The van der Waals surface area contributed by atoms with Crippen molar-refractivity contribution < 1.29 is 5.11 Å². The SMILES string of the molecule is CCc1nsc(NC2(CO)CCCC2)n1. The highest BCUT2D eigenvalue weighted by Crippen LogP contribution is 2.33. The van der Waals surface area contributed by atoms with Gasteiger partial charge in [0.25, 0.3) is 0 Å². The molecular weight excluding hydrogens is 210 g/mol. The van der Waals surface area contributed by atoms with E-state index in [2.05, 4.69) is 14.7 Å². The predicted octanol–water partition coefficient (Wildman–Crippen LogP) is 1.82. The predicted molar refractivity (Wildman–Crippen MR) is 61.2 cm³/mol. The number of hydrogen-bond donors (Lipinski definition) is 2. The lowest BCUT2D eigenvalue weighted by molar-refractivity contribution is 0.214. The van der Waals surface area contributed by atoms with Crippen LogP contribution in [0, 0.1) is 0 Å². The van der Waals surface area contributed by atoms with Crippen LogP contribution in [0.2, 0.25) is 0 Å². The van der Waals surface area contributed by atoms with Crippen molar-refractivity contribution in [3.05, 3.63) is 5.82 Å². The molecule has 0 radical (unpaired) electrons. The number of aliphatic hydroxyl groups excluding tert-OH is 1. The minimum absolute atomic E-state index is 0.134. The molecule has 1 heterocycles. The Labute approximate surface area is 93.9 Å². The van der Waals surface area contributed by atoms with Crippen LogP contribution in [0.25, 0.3) is 0 Å². The van der Waals surface area contributed by atoms with Crippen LogP contribution in [0.5, 0.6) is 0 Å². The van der Waals surface area contributed by atoms with Crippen LogP contribution < -0.4 is 5.32 Å². The van der Waals surface area contributed by atoms with Gasteiger partial charge in [-0.3, -0.25) is 0 Å². The Morgan fingerprint density at radius 2 is 2.20 bits per heavy atom. The fourth-order valence-electron chi connectivity index (χ4n) is 2.05. The average molecular weight is 227 g/mol. The maximum Gasteiger partial charge on any atom is 0.203 e. The largest absolute Gasteiger partial charge is 0.394 e. The third-order valence-corrected chi connectivity index (χ3v) is 3.69. The molecule has 5 heteroatoms. The van der Waals surface area contributed by atoms with Gasteiger partial charge in [-0.25, -0.2) is 4.98 Å². The molecule has 0 aliphatic heterocycles. The van der Waals surface area contributed by atoms with Crippen molar-refractivity contribution in [2.75, 3.05) is 11.9 Å². The number of hydrogen-bond acceptors (Lipinski definition) is 5. The molecule has 0 amide bonds. The summed E-state index contributed by atoms with van der Waals surface area (Å²) in [6.45, 7) is 2.23. The van der Waals surface area contributed by atoms with E-state index in [9.17, 15) is 5.11 Å². The van der Waals surface area contributed by atoms with Gasteiger partial charge in [0.15, 0.2) is 0 Å². The number of nitrogens with zero attached hydrogens (tertiary/aromatic N) is 2. The lowest BCUT2D eigenvalue weighted by Gasteiger charge is -2.27. The summed E-state index contributed by atoms with van der Waals surface area (Å²) in [5, 5.41) is 13.6. The maximum absolute atomic E-state index is 9.44. The van der Waals surface area contributed by atoms with Crippen LogP contribution in [-0.2, 0) is 6.42 Å². The first kappa shape index (κ1) is 10.8. The smallest absolute Gasteiger partial charge is 0.203 e. The van der Waals surface area contributed by atoms with Crippen LogP contribution in [0.3, 0.4) is 0 Å². The van der Waals surface area contributed by atoms with Crippen molar-refractivity contribution in [2.24, 2.45) is 0 Å². The lowest BCUT2D eigenvalue weighted by Crippen LogP contribution is -2.38. The molecular formula is C10H17N3OS. The summed E-state index contributed by atoms with van der Waals surface area (Å²) in [7, 11) is 0. The third-order valence-electron chi connectivity index (χ3n) is 3.02. The van der Waals surface area contributed by atoms with Gasteiger partial charge in [-0.1, -0.05) is 19.8 Å². The molecule has 0 saturated heterocycles. The van der Waals surface area contributed by atoms with Gasteiger partial charge in [-0.05, 0) is 12.8 Å².